The fraction of sp³-hybridized carbons (Fsp3) is 0.265. The van der Waals surface area contributed by atoms with E-state index in [0.29, 0.717) is 0 Å². The summed E-state index contributed by atoms with van der Waals surface area (Å²) in [5, 5.41) is 31.4. The molecule has 0 aliphatic carbocycles. The van der Waals surface area contributed by atoms with E-state index >= 15 is 0 Å². The third-order valence-corrected chi connectivity index (χ3v) is 9.84. The number of benzene rings is 1. The van der Waals surface area contributed by atoms with E-state index in [9.17, 15) is 48.6 Å². The number of hydrogen-bond acceptors (Lipinski definition) is 17. The highest BCUT2D eigenvalue weighted by molar-refractivity contribution is 8.00. The molecule has 57 heavy (non-hydrogen) atoms. The van der Waals surface area contributed by atoms with Crippen molar-refractivity contribution in [2.45, 2.75) is 44.7 Å². The number of carbonyl (C=O) groups excluding carboxylic acids is 6. The van der Waals surface area contributed by atoms with Crippen molar-refractivity contribution >= 4 is 87.1 Å². The number of carboxylic acids is 2. The molecule has 1 saturated heterocycles. The molecule has 7 N–H and O–H groups in total. The average Bonchev–Trinajstić information content (AvgIpc) is 3.58. The topological polar surface area (TPSA) is 308 Å². The van der Waals surface area contributed by atoms with Crippen molar-refractivity contribution in [2.75, 3.05) is 23.3 Å². The Balaban J connectivity index is 1.22. The van der Waals surface area contributed by atoms with Gasteiger partial charge in [-0.2, -0.15) is 0 Å². The monoisotopic (exact) mass is 824 g/mol. The van der Waals surface area contributed by atoms with Crippen LogP contribution in [0.3, 0.4) is 0 Å². The zero-order valence-electron chi connectivity index (χ0n) is 30.2. The summed E-state index contributed by atoms with van der Waals surface area (Å²) in [5.74, 6) is -7.38. The molecular weight excluding hydrogens is 793 g/mol. The minimum Gasteiger partial charge on any atom is -0.478 e. The van der Waals surface area contributed by atoms with Crippen molar-refractivity contribution in [2.24, 2.45) is 5.16 Å². The van der Waals surface area contributed by atoms with Gasteiger partial charge in [0.15, 0.2) is 22.3 Å². The molecule has 4 heterocycles. The smallest absolute Gasteiger partial charge is 0.352 e. The molecule has 1 fully saturated rings. The van der Waals surface area contributed by atoms with Crippen LogP contribution >= 0.6 is 23.1 Å². The van der Waals surface area contributed by atoms with E-state index in [4.69, 9.17) is 20.0 Å². The van der Waals surface area contributed by atoms with Crippen molar-refractivity contribution in [1.29, 1.82) is 0 Å². The van der Waals surface area contributed by atoms with Gasteiger partial charge >= 0.3 is 23.9 Å². The van der Waals surface area contributed by atoms with Crippen molar-refractivity contribution in [1.82, 2.24) is 25.5 Å². The number of aromatic nitrogens is 2. The van der Waals surface area contributed by atoms with Crippen LogP contribution in [-0.2, 0) is 33.6 Å². The lowest BCUT2D eigenvalue weighted by atomic mass is 10.0. The molecule has 0 saturated carbocycles. The highest BCUT2D eigenvalue weighted by Crippen LogP contribution is 2.40. The Morgan fingerprint density at radius 1 is 1.00 bits per heavy atom. The Hall–Kier alpha value is -6.88. The Morgan fingerprint density at radius 2 is 1.70 bits per heavy atom. The van der Waals surface area contributed by atoms with Crippen LogP contribution in [-0.4, -0.2) is 108 Å². The Labute approximate surface area is 329 Å². The number of ether oxygens (including phenoxy) is 2. The number of oxime groups is 1. The molecule has 298 valence electrons. The predicted octanol–water partition coefficient (Wildman–Crippen LogP) is 0.976. The van der Waals surface area contributed by atoms with Gasteiger partial charge < -0.3 is 46.2 Å². The van der Waals surface area contributed by atoms with E-state index in [1.54, 1.807) is 0 Å². The second-order valence-corrected chi connectivity index (χ2v) is 14.4. The molecular formula is C34H32N8O13S2. The number of nitrogens with zero attached hydrogens (tertiary/aromatic N) is 4. The minimum absolute atomic E-state index is 0.0195. The number of carboxylic acid groups (broad SMARTS) is 2. The third-order valence-electron chi connectivity index (χ3n) is 7.83. The van der Waals surface area contributed by atoms with Gasteiger partial charge in [-0.25, -0.2) is 14.6 Å². The van der Waals surface area contributed by atoms with Gasteiger partial charge in [0.2, 0.25) is 5.60 Å². The fourth-order valence-electron chi connectivity index (χ4n) is 5.03. The number of carbonyl (C=O) groups is 8. The van der Waals surface area contributed by atoms with Gasteiger partial charge in [0, 0.05) is 49.5 Å². The number of fused-ring (bicyclic) bond motifs is 1. The molecule has 2 aliphatic rings. The summed E-state index contributed by atoms with van der Waals surface area (Å²) in [7, 11) is 0. The SMILES string of the molecule is CC(=O)Oc1ccc(NC(=O)c2ccc(C(=O)NCC3=C(C(=O)O)N4C(=O)C(NC(=O)/C(=N\OC(C)(C)C(=O)O)c5csc(N)n5)[C@@H]4SC3)cn2)cc1OC(C)=O. The van der Waals surface area contributed by atoms with E-state index in [1.165, 1.54) is 49.6 Å². The molecule has 2 aromatic heterocycles. The summed E-state index contributed by atoms with van der Waals surface area (Å²) in [6.45, 7) is 4.43. The summed E-state index contributed by atoms with van der Waals surface area (Å²) in [4.78, 5) is 113. The zero-order valence-corrected chi connectivity index (χ0v) is 31.8. The molecule has 5 rings (SSSR count). The van der Waals surface area contributed by atoms with E-state index in [0.717, 1.165) is 48.0 Å². The summed E-state index contributed by atoms with van der Waals surface area (Å²) < 4.78 is 10.1. The Bertz CT molecular complexity index is 2250. The van der Waals surface area contributed by atoms with Gasteiger partial charge in [0.25, 0.3) is 23.6 Å². The lowest BCUT2D eigenvalue weighted by molar-refractivity contribution is -0.161. The third kappa shape index (κ3) is 9.50. The highest BCUT2D eigenvalue weighted by atomic mass is 32.2. The van der Waals surface area contributed by atoms with Gasteiger partial charge in [-0.1, -0.05) is 5.16 Å². The molecule has 21 nitrogen and oxygen atoms in total. The van der Waals surface area contributed by atoms with Crippen LogP contribution in [0.15, 0.2) is 58.3 Å². The first-order chi connectivity index (χ1) is 26.9. The number of nitrogen functional groups attached to an aromatic ring is 1. The standard InChI is InChI=1S/C34H32N8O13S2/c1-14(43)53-21-8-6-18(9-22(21)54-15(2)44)38-27(46)19-7-5-16(10-36-19)26(45)37-11-17-12-56-30-24(29(48)42(30)25(17)31(49)50)40-28(47)23(20-13-57-33(35)39-20)41-55-34(3,4)32(51)52/h5-10,13,24,30H,11-12H2,1-4H3,(H2,35,39)(H,37,45)(H,38,46)(H,40,47)(H,49,50)(H,51,52)/b41-23-/t24?,30-/m0/s1. The van der Waals surface area contributed by atoms with Crippen molar-refractivity contribution in [3.8, 4) is 11.5 Å². The Kier molecular flexibility index (Phi) is 12.2. The number of amides is 4. The number of pyridine rings is 1. The molecule has 2 aliphatic heterocycles. The number of esters is 2. The first kappa shape index (κ1) is 41.3. The maximum Gasteiger partial charge on any atom is 0.352 e. The van der Waals surface area contributed by atoms with Gasteiger partial charge in [0.1, 0.15) is 28.5 Å². The van der Waals surface area contributed by atoms with E-state index in [2.05, 4.69) is 31.1 Å². The Morgan fingerprint density at radius 3 is 2.30 bits per heavy atom. The second-order valence-electron chi connectivity index (χ2n) is 12.5. The summed E-state index contributed by atoms with van der Waals surface area (Å²) in [6, 6.07) is 5.35. The van der Waals surface area contributed by atoms with Crippen molar-refractivity contribution in [3.63, 3.8) is 0 Å². The van der Waals surface area contributed by atoms with Crippen LogP contribution in [0.25, 0.3) is 0 Å². The van der Waals surface area contributed by atoms with Crippen LogP contribution in [0, 0.1) is 0 Å². The van der Waals surface area contributed by atoms with E-state index < -0.39 is 70.2 Å². The van der Waals surface area contributed by atoms with Gasteiger partial charge in [0.05, 0.1) is 5.56 Å². The molecule has 0 bridgehead atoms. The number of nitrogens with one attached hydrogen (secondary N) is 3. The molecule has 3 aromatic rings. The first-order valence-corrected chi connectivity index (χ1v) is 18.3. The summed E-state index contributed by atoms with van der Waals surface area (Å²) >= 11 is 2.09. The maximum atomic E-state index is 13.3. The zero-order chi connectivity index (χ0) is 41.8. The lowest BCUT2D eigenvalue weighted by Gasteiger charge is -2.49. The largest absolute Gasteiger partial charge is 0.478 e. The number of rotatable bonds is 14. The number of nitrogens with two attached hydrogens (primary N) is 1. The minimum atomic E-state index is -1.83. The van der Waals surface area contributed by atoms with Crippen LogP contribution < -0.4 is 31.2 Å². The van der Waals surface area contributed by atoms with Crippen LogP contribution in [0.4, 0.5) is 10.8 Å². The average molecular weight is 825 g/mol. The van der Waals surface area contributed by atoms with Crippen LogP contribution in [0.5, 0.6) is 11.5 Å². The number of thiazole rings is 1. The quantitative estimate of drug-likeness (QED) is 0.0434. The molecule has 1 aromatic carbocycles. The van der Waals surface area contributed by atoms with Crippen LogP contribution in [0.1, 0.15) is 54.2 Å². The maximum absolute atomic E-state index is 13.3. The van der Waals surface area contributed by atoms with Gasteiger partial charge in [-0.3, -0.25) is 38.7 Å². The lowest BCUT2D eigenvalue weighted by Crippen LogP contribution is -2.71. The van der Waals surface area contributed by atoms with Crippen LogP contribution in [0.2, 0.25) is 0 Å². The highest BCUT2D eigenvalue weighted by Gasteiger charge is 2.54. The van der Waals surface area contributed by atoms with Gasteiger partial charge in [-0.05, 0) is 43.7 Å². The summed E-state index contributed by atoms with van der Waals surface area (Å²) in [5.41, 5.74) is 3.25. The van der Waals surface area contributed by atoms with E-state index in [-0.39, 0.29) is 62.8 Å². The number of aliphatic carboxylic acids is 2. The second kappa shape index (κ2) is 16.9. The molecule has 1 unspecified atom stereocenters. The van der Waals surface area contributed by atoms with Crippen molar-refractivity contribution < 1.29 is 62.9 Å². The first-order valence-electron chi connectivity index (χ1n) is 16.3. The van der Waals surface area contributed by atoms with Crippen molar-refractivity contribution in [3.05, 3.63) is 70.1 Å². The fourth-order valence-corrected chi connectivity index (χ4v) is 6.93. The summed E-state index contributed by atoms with van der Waals surface area (Å²) in [6.07, 6.45) is 1.12. The molecule has 23 heteroatoms. The number of hydrogen-bond donors (Lipinski definition) is 6. The molecule has 2 atom stereocenters. The van der Waals surface area contributed by atoms with Gasteiger partial charge in [-0.15, -0.1) is 23.1 Å². The number of thioether (sulfide) groups is 1. The molecule has 0 radical (unpaired) electrons. The normalized spacial score (nSPS) is 16.4. The van der Waals surface area contributed by atoms with E-state index in [1.807, 2.05) is 0 Å². The molecule has 4 amide bonds. The number of anilines is 2. The predicted molar refractivity (Wildman–Crippen MR) is 199 cm³/mol. The number of β-lactam (4-membered cyclic amide) rings is 1. The molecule has 0 spiro atoms.